The Labute approximate surface area is 174 Å². The van der Waals surface area contributed by atoms with Gasteiger partial charge >= 0.3 is 0 Å². The van der Waals surface area contributed by atoms with Gasteiger partial charge in [0.2, 0.25) is 0 Å². The molecule has 3 aromatic rings. The third-order valence-electron chi connectivity index (χ3n) is 5.05. The first kappa shape index (κ1) is 19.8. The number of amides is 1. The Kier molecular flexibility index (Phi) is 5.90. The molecule has 1 aromatic heterocycles. The molecule has 0 atom stereocenters. The number of benzene rings is 2. The Balaban J connectivity index is 1.45. The minimum absolute atomic E-state index is 0.193. The summed E-state index contributed by atoms with van der Waals surface area (Å²) < 4.78 is 6.68. The Morgan fingerprint density at radius 1 is 1.00 bits per heavy atom. The average molecular weight is 404 g/mol. The Morgan fingerprint density at radius 3 is 2.40 bits per heavy atom. The summed E-state index contributed by atoms with van der Waals surface area (Å²) in [6, 6.07) is 18.4. The summed E-state index contributed by atoms with van der Waals surface area (Å²) in [6.45, 7) is 5.49. The number of hydrogen-bond acceptors (Lipinski definition) is 5. The molecule has 0 radical (unpaired) electrons. The Morgan fingerprint density at radius 2 is 1.70 bits per heavy atom. The van der Waals surface area contributed by atoms with Gasteiger partial charge in [-0.25, -0.2) is 4.68 Å². The molecule has 4 rings (SSSR count). The topological polar surface area (TPSA) is 76.5 Å². The molecule has 1 amide bonds. The summed E-state index contributed by atoms with van der Waals surface area (Å²) in [7, 11) is 0. The van der Waals surface area contributed by atoms with Crippen molar-refractivity contribution in [3.05, 3.63) is 87.8 Å². The molecule has 30 heavy (non-hydrogen) atoms. The first-order valence-corrected chi connectivity index (χ1v) is 9.96. The van der Waals surface area contributed by atoms with E-state index in [1.54, 1.807) is 0 Å². The highest BCUT2D eigenvalue weighted by molar-refractivity contribution is 6.02. The second-order valence-electron chi connectivity index (χ2n) is 7.30. The van der Waals surface area contributed by atoms with Crippen molar-refractivity contribution in [2.45, 2.75) is 13.5 Å². The van der Waals surface area contributed by atoms with Gasteiger partial charge in [-0.05, 0) is 42.8 Å². The monoisotopic (exact) mass is 404 g/mol. The van der Waals surface area contributed by atoms with Crippen molar-refractivity contribution in [2.75, 3.05) is 36.5 Å². The smallest absolute Gasteiger partial charge is 0.276 e. The number of carbonyl (C=O) groups is 1. The van der Waals surface area contributed by atoms with Crippen LogP contribution in [0.5, 0.6) is 0 Å². The summed E-state index contributed by atoms with van der Waals surface area (Å²) in [5, 5.41) is 7.09. The van der Waals surface area contributed by atoms with Crippen molar-refractivity contribution in [2.24, 2.45) is 0 Å². The van der Waals surface area contributed by atoms with Crippen LogP contribution in [0.25, 0.3) is 0 Å². The molecular formula is C23H24N4O3. The van der Waals surface area contributed by atoms with E-state index in [9.17, 15) is 9.59 Å². The molecule has 7 nitrogen and oxygen atoms in total. The van der Waals surface area contributed by atoms with Crippen LogP contribution in [0.1, 0.15) is 21.6 Å². The summed E-state index contributed by atoms with van der Waals surface area (Å²) in [5.74, 6) is -0.355. The predicted octanol–water partition coefficient (Wildman–Crippen LogP) is 2.69. The molecule has 0 spiro atoms. The SMILES string of the molecule is Cc1ccc(Cn2nc(C(=O)Nc3ccc(N4CCOCC4)cc3)ccc2=O)cc1. The van der Waals surface area contributed by atoms with Crippen LogP contribution >= 0.6 is 0 Å². The van der Waals surface area contributed by atoms with E-state index in [2.05, 4.69) is 15.3 Å². The summed E-state index contributed by atoms with van der Waals surface area (Å²) in [6.07, 6.45) is 0. The van der Waals surface area contributed by atoms with Gasteiger partial charge in [0.15, 0.2) is 0 Å². The summed E-state index contributed by atoms with van der Waals surface area (Å²) in [4.78, 5) is 27.1. The molecule has 0 aliphatic carbocycles. The van der Waals surface area contributed by atoms with Crippen molar-refractivity contribution in [1.29, 1.82) is 0 Å². The van der Waals surface area contributed by atoms with Crippen LogP contribution in [0, 0.1) is 6.92 Å². The minimum Gasteiger partial charge on any atom is -0.378 e. The van der Waals surface area contributed by atoms with E-state index >= 15 is 0 Å². The molecule has 0 unspecified atom stereocenters. The van der Waals surface area contributed by atoms with Crippen LogP contribution < -0.4 is 15.8 Å². The first-order valence-electron chi connectivity index (χ1n) is 9.96. The van der Waals surface area contributed by atoms with Crippen LogP contribution in [0.3, 0.4) is 0 Å². The zero-order valence-corrected chi connectivity index (χ0v) is 16.9. The van der Waals surface area contributed by atoms with E-state index in [4.69, 9.17) is 4.74 Å². The number of rotatable bonds is 5. The van der Waals surface area contributed by atoms with Gasteiger partial charge in [0.25, 0.3) is 11.5 Å². The van der Waals surface area contributed by atoms with Crippen molar-refractivity contribution >= 4 is 17.3 Å². The zero-order chi connectivity index (χ0) is 20.9. The number of nitrogens with zero attached hydrogens (tertiary/aromatic N) is 3. The number of anilines is 2. The van der Waals surface area contributed by atoms with Gasteiger partial charge in [0.1, 0.15) is 5.69 Å². The van der Waals surface area contributed by atoms with Gasteiger partial charge < -0.3 is 15.0 Å². The number of carbonyl (C=O) groups excluding carboxylic acids is 1. The molecule has 0 saturated carbocycles. The fourth-order valence-corrected chi connectivity index (χ4v) is 3.32. The molecule has 7 heteroatoms. The normalized spacial score (nSPS) is 13.8. The van der Waals surface area contributed by atoms with E-state index in [1.807, 2.05) is 55.5 Å². The van der Waals surface area contributed by atoms with Gasteiger partial charge in [0, 0.05) is 30.5 Å². The number of morpholine rings is 1. The standard InChI is InChI=1S/C23H24N4O3/c1-17-2-4-18(5-3-17)16-27-22(28)11-10-21(25-27)23(29)24-19-6-8-20(9-7-19)26-12-14-30-15-13-26/h2-11H,12-16H2,1H3,(H,24,29). The predicted molar refractivity (Wildman–Crippen MR) is 116 cm³/mol. The third kappa shape index (κ3) is 4.75. The number of aromatic nitrogens is 2. The van der Waals surface area contributed by atoms with Gasteiger partial charge in [-0.3, -0.25) is 9.59 Å². The number of nitrogens with one attached hydrogen (secondary N) is 1. The third-order valence-corrected chi connectivity index (χ3v) is 5.05. The Bertz CT molecular complexity index is 1070. The van der Waals surface area contributed by atoms with Gasteiger partial charge in [-0.2, -0.15) is 5.10 Å². The average Bonchev–Trinajstić information content (AvgIpc) is 2.78. The lowest BCUT2D eigenvalue weighted by Crippen LogP contribution is -2.36. The van der Waals surface area contributed by atoms with E-state index in [-0.39, 0.29) is 17.2 Å². The van der Waals surface area contributed by atoms with Gasteiger partial charge in [-0.15, -0.1) is 0 Å². The summed E-state index contributed by atoms with van der Waals surface area (Å²) in [5.41, 5.74) is 3.82. The number of aryl methyl sites for hydroxylation is 1. The summed E-state index contributed by atoms with van der Waals surface area (Å²) >= 11 is 0. The molecule has 2 heterocycles. The minimum atomic E-state index is -0.355. The van der Waals surface area contributed by atoms with Crippen molar-refractivity contribution in [3.8, 4) is 0 Å². The van der Waals surface area contributed by atoms with Gasteiger partial charge in [0.05, 0.1) is 19.8 Å². The van der Waals surface area contributed by atoms with Crippen LogP contribution in [-0.4, -0.2) is 42.0 Å². The Hall–Kier alpha value is -3.45. The van der Waals surface area contributed by atoms with E-state index in [0.717, 1.165) is 43.1 Å². The van der Waals surface area contributed by atoms with Crippen LogP contribution in [0.15, 0.2) is 65.5 Å². The zero-order valence-electron chi connectivity index (χ0n) is 16.9. The van der Waals surface area contributed by atoms with Crippen LogP contribution in [0.4, 0.5) is 11.4 Å². The highest BCUT2D eigenvalue weighted by atomic mass is 16.5. The lowest BCUT2D eigenvalue weighted by Gasteiger charge is -2.28. The van der Waals surface area contributed by atoms with Crippen molar-refractivity contribution in [3.63, 3.8) is 0 Å². The maximum atomic E-state index is 12.6. The second-order valence-corrected chi connectivity index (χ2v) is 7.30. The molecule has 154 valence electrons. The molecular weight excluding hydrogens is 380 g/mol. The van der Waals surface area contributed by atoms with Gasteiger partial charge in [-0.1, -0.05) is 29.8 Å². The lowest BCUT2D eigenvalue weighted by atomic mass is 10.1. The maximum absolute atomic E-state index is 12.6. The maximum Gasteiger partial charge on any atom is 0.276 e. The molecule has 1 aliphatic rings. The highest BCUT2D eigenvalue weighted by Crippen LogP contribution is 2.19. The molecule has 1 saturated heterocycles. The fraction of sp³-hybridized carbons (Fsp3) is 0.261. The van der Waals surface area contributed by atoms with E-state index in [0.29, 0.717) is 12.2 Å². The lowest BCUT2D eigenvalue weighted by molar-refractivity contribution is 0.102. The molecule has 1 N–H and O–H groups in total. The first-order chi connectivity index (χ1) is 14.6. The van der Waals surface area contributed by atoms with E-state index < -0.39 is 0 Å². The molecule has 2 aromatic carbocycles. The molecule has 1 fully saturated rings. The largest absolute Gasteiger partial charge is 0.378 e. The molecule has 1 aliphatic heterocycles. The second kappa shape index (κ2) is 8.92. The highest BCUT2D eigenvalue weighted by Gasteiger charge is 2.13. The number of hydrogen-bond donors (Lipinski definition) is 1. The number of ether oxygens (including phenoxy) is 1. The van der Waals surface area contributed by atoms with Crippen molar-refractivity contribution in [1.82, 2.24) is 9.78 Å². The quantitative estimate of drug-likeness (QED) is 0.708. The fourth-order valence-electron chi connectivity index (χ4n) is 3.32. The van der Waals surface area contributed by atoms with Crippen LogP contribution in [-0.2, 0) is 11.3 Å². The molecule has 0 bridgehead atoms. The van der Waals surface area contributed by atoms with Crippen molar-refractivity contribution < 1.29 is 9.53 Å². The van der Waals surface area contributed by atoms with E-state index in [1.165, 1.54) is 16.8 Å². The van der Waals surface area contributed by atoms with Crippen LogP contribution in [0.2, 0.25) is 0 Å².